The van der Waals surface area contributed by atoms with E-state index in [4.69, 9.17) is 9.40 Å². The number of benzene rings is 2. The Kier molecular flexibility index (Phi) is 12.3. The van der Waals surface area contributed by atoms with Gasteiger partial charge in [0, 0.05) is 52.0 Å². The topological polar surface area (TPSA) is 51.8 Å². The molecule has 4 heterocycles. The summed E-state index contributed by atoms with van der Waals surface area (Å²) >= 11 is 0. The van der Waals surface area contributed by atoms with Crippen molar-refractivity contribution < 1.29 is 24.5 Å². The first-order chi connectivity index (χ1) is 20.8. The largest absolute Gasteiger partial charge is 0.486 e. The van der Waals surface area contributed by atoms with Crippen LogP contribution in [0, 0.1) is 25.0 Å². The van der Waals surface area contributed by atoms with Gasteiger partial charge in [-0.15, -0.1) is 59.7 Å². The molecule has 4 aromatic heterocycles. The predicted octanol–water partition coefficient (Wildman–Crippen LogP) is 8.61. The molecule has 0 aliphatic heterocycles. The normalized spacial score (nSPS) is 11.5. The molecule has 4 nitrogen and oxygen atoms in total. The molecule has 0 aliphatic rings. The minimum atomic E-state index is -1.44. The van der Waals surface area contributed by atoms with Crippen molar-refractivity contribution in [3.8, 4) is 22.5 Å². The summed E-state index contributed by atoms with van der Waals surface area (Å²) in [4.78, 5) is 13.9. The smallest absolute Gasteiger partial charge is 0.216 e. The molecule has 0 bridgehead atoms. The summed E-state index contributed by atoms with van der Waals surface area (Å²) in [5.74, 6) is 0.615. The van der Waals surface area contributed by atoms with Crippen LogP contribution in [0.25, 0.3) is 44.6 Å². The minimum absolute atomic E-state index is 0. The van der Waals surface area contributed by atoms with Gasteiger partial charge in [0.25, 0.3) is 0 Å². The quantitative estimate of drug-likeness (QED) is 0.125. The zero-order chi connectivity index (χ0) is 31.6. The van der Waals surface area contributed by atoms with Crippen molar-refractivity contribution in [2.45, 2.75) is 66.5 Å². The number of pyridine rings is 3. The van der Waals surface area contributed by atoms with Crippen molar-refractivity contribution in [2.24, 2.45) is 5.92 Å². The number of fused-ring (bicyclic) bond motifs is 3. The molecule has 0 amide bonds. The summed E-state index contributed by atoms with van der Waals surface area (Å²) < 4.78 is 5.91. The Balaban J connectivity index is 0.000000275. The van der Waals surface area contributed by atoms with E-state index < -0.39 is 16.1 Å². The molecular weight excluding hydrogens is 774 g/mol. The molecule has 4 radical (unpaired) electrons. The molecule has 0 unspecified atom stereocenters. The fourth-order valence-electron chi connectivity index (χ4n) is 5.32. The molecule has 0 atom stereocenters. The molecule has 0 spiro atoms. The molecule has 0 N–H and O–H groups in total. The van der Waals surface area contributed by atoms with E-state index >= 15 is 0 Å². The molecule has 8 heteroatoms. The van der Waals surface area contributed by atoms with Gasteiger partial charge >= 0.3 is 0 Å². The average molecular weight is 817 g/mol. The standard InChI is InChI=1S/C24H27N2OSi.C14H16NSi.B.Ir/c1-15(2)11-18-13-21(25-14-23(18)28(4,5)6)17-8-10-22-20(12-17)19-9-7-16(3)26-24(19)27-22;1-16(2,3)13-9-10-14(15-11-13)12-7-5-4-6-8-12;;/h7,9-10,12-15H,11H2,1-6H3;4-7,9-11H,1-3H3;;/q2*-1;;. The number of furan rings is 1. The predicted molar refractivity (Wildman–Crippen MR) is 197 cm³/mol. The Labute approximate surface area is 292 Å². The van der Waals surface area contributed by atoms with E-state index in [2.05, 4.69) is 112 Å². The molecular formula is C38H43BIrN3OSi2-2. The first kappa shape index (κ1) is 37.3. The van der Waals surface area contributed by atoms with Gasteiger partial charge in [0.05, 0.1) is 21.7 Å². The molecule has 2 aromatic carbocycles. The molecule has 0 saturated carbocycles. The Morgan fingerprint density at radius 3 is 2.13 bits per heavy atom. The van der Waals surface area contributed by atoms with Crippen molar-refractivity contribution >= 4 is 57.0 Å². The molecule has 6 aromatic rings. The first-order valence-electron chi connectivity index (χ1n) is 15.4. The second kappa shape index (κ2) is 15.2. The Morgan fingerprint density at radius 1 is 0.783 bits per heavy atom. The molecule has 238 valence electrons. The summed E-state index contributed by atoms with van der Waals surface area (Å²) in [7, 11) is -2.67. The van der Waals surface area contributed by atoms with Crippen LogP contribution in [-0.2, 0) is 26.5 Å². The van der Waals surface area contributed by atoms with Gasteiger partial charge in [-0.25, -0.2) is 4.98 Å². The Hall–Kier alpha value is -3.16. The maximum Gasteiger partial charge on any atom is 0.216 e. The van der Waals surface area contributed by atoms with Crippen LogP contribution >= 0.6 is 0 Å². The van der Waals surface area contributed by atoms with Crippen molar-refractivity contribution in [3.63, 3.8) is 0 Å². The SMILES string of the molecule is C[Si](C)(C)c1ccc(-c2[c-]cccc2)nc1.Cc1ccc2c(n1)oc1c[c-]c(-c3cc(CC(C)C)c([Si](C)(C)C)cn3)cc12.[B].[Ir]. The van der Waals surface area contributed by atoms with Crippen LogP contribution in [0.5, 0.6) is 0 Å². The fraction of sp³-hybridized carbons (Fsp3) is 0.289. The molecule has 0 aliphatic carbocycles. The van der Waals surface area contributed by atoms with Gasteiger partial charge in [-0.1, -0.05) is 82.3 Å². The maximum atomic E-state index is 5.91. The zero-order valence-electron chi connectivity index (χ0n) is 28.5. The van der Waals surface area contributed by atoms with E-state index in [9.17, 15) is 0 Å². The molecule has 46 heavy (non-hydrogen) atoms. The van der Waals surface area contributed by atoms with Gasteiger partial charge in [-0.3, -0.25) is 0 Å². The van der Waals surface area contributed by atoms with Gasteiger partial charge in [-0.05, 0) is 53.2 Å². The monoisotopic (exact) mass is 817 g/mol. The Morgan fingerprint density at radius 2 is 1.52 bits per heavy atom. The number of hydrogen-bond donors (Lipinski definition) is 0. The van der Waals surface area contributed by atoms with Gasteiger partial charge in [-0.2, -0.15) is 0 Å². The first-order valence-corrected chi connectivity index (χ1v) is 22.4. The summed E-state index contributed by atoms with van der Waals surface area (Å²) in [5, 5.41) is 4.96. The zero-order valence-corrected chi connectivity index (χ0v) is 32.8. The number of hydrogen-bond acceptors (Lipinski definition) is 4. The number of nitrogens with zero attached hydrogens (tertiary/aromatic N) is 3. The third kappa shape index (κ3) is 8.80. The van der Waals surface area contributed by atoms with Gasteiger partial charge in [0.1, 0.15) is 0 Å². The minimum Gasteiger partial charge on any atom is -0.486 e. The van der Waals surface area contributed by atoms with Crippen LogP contribution < -0.4 is 10.4 Å². The number of aromatic nitrogens is 3. The number of aryl methyl sites for hydroxylation is 1. The van der Waals surface area contributed by atoms with Crippen molar-refractivity contribution in [1.29, 1.82) is 0 Å². The number of rotatable bonds is 6. The second-order valence-electron chi connectivity index (χ2n) is 14.1. The Bertz CT molecular complexity index is 1890. The van der Waals surface area contributed by atoms with E-state index in [1.807, 2.05) is 49.5 Å². The molecule has 0 fully saturated rings. The maximum absolute atomic E-state index is 5.91. The van der Waals surface area contributed by atoms with Gasteiger partial charge < -0.3 is 14.4 Å². The van der Waals surface area contributed by atoms with Crippen molar-refractivity contribution in [3.05, 3.63) is 103 Å². The fourth-order valence-corrected chi connectivity index (χ4v) is 7.94. The van der Waals surface area contributed by atoms with Crippen LogP contribution in [0.1, 0.15) is 25.1 Å². The van der Waals surface area contributed by atoms with Gasteiger partial charge in [0.2, 0.25) is 5.71 Å². The van der Waals surface area contributed by atoms with E-state index in [0.717, 1.165) is 51.0 Å². The third-order valence-electron chi connectivity index (χ3n) is 7.73. The van der Waals surface area contributed by atoms with Crippen LogP contribution in [0.4, 0.5) is 0 Å². The van der Waals surface area contributed by atoms with Crippen molar-refractivity contribution in [2.75, 3.05) is 0 Å². The summed E-state index contributed by atoms with van der Waals surface area (Å²) in [5.41, 5.74) is 7.94. The van der Waals surface area contributed by atoms with E-state index in [0.29, 0.717) is 11.6 Å². The third-order valence-corrected chi connectivity index (χ3v) is 11.8. The van der Waals surface area contributed by atoms with Crippen LogP contribution in [0.3, 0.4) is 0 Å². The molecule has 6 rings (SSSR count). The van der Waals surface area contributed by atoms with Crippen molar-refractivity contribution in [1.82, 2.24) is 15.0 Å². The second-order valence-corrected chi connectivity index (χ2v) is 24.2. The van der Waals surface area contributed by atoms with E-state index in [1.54, 1.807) is 0 Å². The van der Waals surface area contributed by atoms with Gasteiger partial charge in [0.15, 0.2) is 0 Å². The average Bonchev–Trinajstić information content (AvgIpc) is 3.33. The summed E-state index contributed by atoms with van der Waals surface area (Å²) in [6.07, 6.45) is 5.20. The van der Waals surface area contributed by atoms with Crippen LogP contribution in [-0.4, -0.2) is 39.5 Å². The van der Waals surface area contributed by atoms with E-state index in [1.165, 1.54) is 15.9 Å². The van der Waals surface area contributed by atoms with E-state index in [-0.39, 0.29) is 28.5 Å². The summed E-state index contributed by atoms with van der Waals surface area (Å²) in [6.45, 7) is 20.7. The molecule has 0 saturated heterocycles. The van der Waals surface area contributed by atoms with Crippen LogP contribution in [0.15, 0.2) is 83.5 Å². The summed E-state index contributed by atoms with van der Waals surface area (Å²) in [6, 6.07) is 29.2. The van der Waals surface area contributed by atoms with Crippen LogP contribution in [0.2, 0.25) is 39.3 Å².